The first-order chi connectivity index (χ1) is 13.7. The first-order valence-electron chi connectivity index (χ1n) is 8.38. The number of carbonyl (C=O) groups excluding carboxylic acids is 1. The second-order valence-electron chi connectivity index (χ2n) is 6.03. The third kappa shape index (κ3) is 3.54. The number of nitrogens with zero attached hydrogens (tertiary/aromatic N) is 5. The number of alkyl halides is 1. The van der Waals surface area contributed by atoms with Crippen molar-refractivity contribution >= 4 is 34.2 Å². The summed E-state index contributed by atoms with van der Waals surface area (Å²) in [5.74, 6) is -0.141. The summed E-state index contributed by atoms with van der Waals surface area (Å²) in [6, 6.07) is 10.3. The molecule has 7 nitrogen and oxygen atoms in total. The minimum atomic E-state index is -0.511. The molecule has 0 unspecified atom stereocenters. The summed E-state index contributed by atoms with van der Waals surface area (Å²) in [5.41, 5.74) is 2.36. The molecular weight excluding hydrogens is 383 g/mol. The molecule has 0 saturated heterocycles. The molecule has 28 heavy (non-hydrogen) atoms. The Bertz CT molecular complexity index is 1130. The highest BCUT2D eigenvalue weighted by Gasteiger charge is 2.18. The Morgan fingerprint density at radius 2 is 1.93 bits per heavy atom. The first kappa shape index (κ1) is 18.0. The number of hydrogen-bond acceptors (Lipinski definition) is 5. The Morgan fingerprint density at radius 3 is 2.64 bits per heavy atom. The number of benzene rings is 1. The van der Waals surface area contributed by atoms with Gasteiger partial charge in [-0.05, 0) is 23.3 Å². The van der Waals surface area contributed by atoms with Crippen LogP contribution in [0.4, 0.5) is 10.2 Å². The van der Waals surface area contributed by atoms with Gasteiger partial charge in [0.05, 0.1) is 28.7 Å². The van der Waals surface area contributed by atoms with Crippen LogP contribution in [0.15, 0.2) is 55.0 Å². The van der Waals surface area contributed by atoms with Crippen LogP contribution in [0.2, 0.25) is 5.02 Å². The van der Waals surface area contributed by atoms with Crippen molar-refractivity contribution < 1.29 is 9.18 Å². The fourth-order valence-electron chi connectivity index (χ4n) is 2.79. The lowest BCUT2D eigenvalue weighted by molar-refractivity contribution is 0.102. The van der Waals surface area contributed by atoms with E-state index in [1.807, 2.05) is 12.1 Å². The smallest absolute Gasteiger partial charge is 0.277 e. The number of rotatable bonds is 5. The van der Waals surface area contributed by atoms with Crippen LogP contribution in [0.3, 0.4) is 0 Å². The van der Waals surface area contributed by atoms with Crippen molar-refractivity contribution in [2.45, 2.75) is 13.2 Å². The summed E-state index contributed by atoms with van der Waals surface area (Å²) in [5, 5.41) is 15.7. The fourth-order valence-corrected chi connectivity index (χ4v) is 3.03. The second kappa shape index (κ2) is 7.69. The van der Waals surface area contributed by atoms with E-state index < -0.39 is 12.6 Å². The molecule has 0 aliphatic heterocycles. The third-order valence-corrected chi connectivity index (χ3v) is 4.45. The molecule has 0 fully saturated rings. The number of halogens is 2. The largest absolute Gasteiger partial charge is 0.303 e. The zero-order valence-corrected chi connectivity index (χ0v) is 15.3. The van der Waals surface area contributed by atoms with Crippen LogP contribution in [0.25, 0.3) is 10.9 Å². The monoisotopic (exact) mass is 396 g/mol. The number of nitrogens with one attached hydrogen (secondary N) is 1. The number of hydrogen-bond donors (Lipinski definition) is 1. The third-order valence-electron chi connectivity index (χ3n) is 4.16. The van der Waals surface area contributed by atoms with E-state index in [1.54, 1.807) is 35.1 Å². The van der Waals surface area contributed by atoms with Gasteiger partial charge in [0, 0.05) is 12.4 Å². The van der Waals surface area contributed by atoms with Crippen LogP contribution in [0.5, 0.6) is 0 Å². The highest BCUT2D eigenvalue weighted by molar-refractivity contribution is 6.36. The molecule has 0 aliphatic carbocycles. The van der Waals surface area contributed by atoms with Crippen LogP contribution < -0.4 is 5.32 Å². The number of fused-ring (bicyclic) bond motifs is 1. The number of aromatic nitrogens is 5. The normalized spacial score (nSPS) is 10.9. The zero-order valence-electron chi connectivity index (χ0n) is 14.5. The number of pyridine rings is 1. The number of amides is 1. The molecule has 4 aromatic rings. The predicted molar refractivity (Wildman–Crippen MR) is 103 cm³/mol. The van der Waals surface area contributed by atoms with Crippen molar-refractivity contribution in [2.75, 3.05) is 5.32 Å². The summed E-state index contributed by atoms with van der Waals surface area (Å²) in [6.07, 6.45) is 4.60. The Morgan fingerprint density at radius 1 is 1.14 bits per heavy atom. The minimum absolute atomic E-state index is 0.164. The molecule has 0 spiro atoms. The van der Waals surface area contributed by atoms with Gasteiger partial charge in [0.15, 0.2) is 11.5 Å². The van der Waals surface area contributed by atoms with E-state index in [0.717, 1.165) is 5.56 Å². The van der Waals surface area contributed by atoms with Crippen molar-refractivity contribution in [1.29, 1.82) is 0 Å². The molecule has 140 valence electrons. The summed E-state index contributed by atoms with van der Waals surface area (Å²) in [6.45, 7) is -0.102. The van der Waals surface area contributed by atoms with Gasteiger partial charge < -0.3 is 5.32 Å². The lowest BCUT2D eigenvalue weighted by Crippen LogP contribution is -2.15. The van der Waals surface area contributed by atoms with Gasteiger partial charge >= 0.3 is 0 Å². The van der Waals surface area contributed by atoms with Crippen molar-refractivity contribution in [3.05, 3.63) is 76.8 Å². The van der Waals surface area contributed by atoms with Gasteiger partial charge in [-0.25, -0.2) is 4.39 Å². The maximum atomic E-state index is 12.7. The van der Waals surface area contributed by atoms with Crippen molar-refractivity contribution in [2.24, 2.45) is 0 Å². The Hall–Kier alpha value is -3.39. The number of anilines is 1. The molecular formula is C19H14ClFN6O. The van der Waals surface area contributed by atoms with E-state index in [2.05, 4.69) is 25.6 Å². The van der Waals surface area contributed by atoms with Crippen molar-refractivity contribution in [3.63, 3.8) is 0 Å². The second-order valence-corrected chi connectivity index (χ2v) is 6.44. The SMILES string of the molecule is O=C(Nc1nn(Cc2ccc(CF)cc2)c2cncc(Cl)c12)c1cccnn1. The standard InChI is InChI=1S/C19H14ClFN6O/c20-14-9-22-10-16-17(14)18(24-19(28)15-2-1-7-23-25-15)26-27(16)11-13-5-3-12(8-21)4-6-13/h1-7,9-10H,8,11H2,(H,24,26,28). The van der Waals surface area contributed by atoms with Crippen LogP contribution in [0.1, 0.15) is 21.6 Å². The molecule has 1 aromatic carbocycles. The molecule has 3 heterocycles. The quantitative estimate of drug-likeness (QED) is 0.556. The van der Waals surface area contributed by atoms with Gasteiger partial charge in [0.2, 0.25) is 0 Å². The van der Waals surface area contributed by atoms with Gasteiger partial charge in [0.1, 0.15) is 6.67 Å². The molecule has 0 radical (unpaired) electrons. The zero-order chi connectivity index (χ0) is 19.5. The molecule has 0 bridgehead atoms. The molecule has 0 atom stereocenters. The fraction of sp³-hybridized carbons (Fsp3) is 0.105. The van der Waals surface area contributed by atoms with E-state index in [-0.39, 0.29) is 5.69 Å². The topological polar surface area (TPSA) is 85.6 Å². The Balaban J connectivity index is 1.70. The molecule has 1 amide bonds. The Labute approximate surface area is 164 Å². The summed E-state index contributed by atoms with van der Waals surface area (Å²) in [7, 11) is 0. The predicted octanol–water partition coefficient (Wildman–Crippen LogP) is 3.64. The summed E-state index contributed by atoms with van der Waals surface area (Å²) < 4.78 is 14.4. The highest BCUT2D eigenvalue weighted by atomic mass is 35.5. The van der Waals surface area contributed by atoms with Gasteiger partial charge in [-0.1, -0.05) is 35.9 Å². The first-order valence-corrected chi connectivity index (χ1v) is 8.76. The summed E-state index contributed by atoms with van der Waals surface area (Å²) in [4.78, 5) is 16.6. The Kier molecular flexibility index (Phi) is 4.94. The van der Waals surface area contributed by atoms with Crippen LogP contribution in [-0.4, -0.2) is 30.9 Å². The van der Waals surface area contributed by atoms with Crippen LogP contribution in [0, 0.1) is 0 Å². The molecule has 0 aliphatic rings. The van der Waals surface area contributed by atoms with E-state index in [9.17, 15) is 9.18 Å². The minimum Gasteiger partial charge on any atom is -0.303 e. The highest BCUT2D eigenvalue weighted by Crippen LogP contribution is 2.30. The average Bonchev–Trinajstić information content (AvgIpc) is 3.07. The van der Waals surface area contributed by atoms with E-state index in [4.69, 9.17) is 11.6 Å². The van der Waals surface area contributed by atoms with E-state index in [0.29, 0.717) is 33.9 Å². The van der Waals surface area contributed by atoms with Gasteiger partial charge in [-0.3, -0.25) is 14.5 Å². The van der Waals surface area contributed by atoms with E-state index in [1.165, 1.54) is 12.4 Å². The lowest BCUT2D eigenvalue weighted by Gasteiger charge is -2.04. The van der Waals surface area contributed by atoms with Crippen LogP contribution >= 0.6 is 11.6 Å². The van der Waals surface area contributed by atoms with Crippen LogP contribution in [-0.2, 0) is 13.2 Å². The summed E-state index contributed by atoms with van der Waals surface area (Å²) >= 11 is 6.31. The lowest BCUT2D eigenvalue weighted by atomic mass is 10.1. The maximum Gasteiger partial charge on any atom is 0.277 e. The van der Waals surface area contributed by atoms with Gasteiger partial charge in [0.25, 0.3) is 5.91 Å². The molecule has 0 saturated carbocycles. The molecule has 9 heteroatoms. The number of carbonyl (C=O) groups is 1. The van der Waals surface area contributed by atoms with Gasteiger partial charge in [-0.15, -0.1) is 5.10 Å². The van der Waals surface area contributed by atoms with Crippen molar-refractivity contribution in [3.8, 4) is 0 Å². The average molecular weight is 397 g/mol. The maximum absolute atomic E-state index is 12.7. The van der Waals surface area contributed by atoms with Crippen molar-refractivity contribution in [1.82, 2.24) is 25.0 Å². The molecule has 3 aromatic heterocycles. The molecule has 1 N–H and O–H groups in total. The van der Waals surface area contributed by atoms with Gasteiger partial charge in [-0.2, -0.15) is 10.2 Å². The van der Waals surface area contributed by atoms with E-state index >= 15 is 0 Å². The molecule has 4 rings (SSSR count).